The van der Waals surface area contributed by atoms with Crippen molar-refractivity contribution < 1.29 is 17.7 Å². The van der Waals surface area contributed by atoms with Crippen LogP contribution in [-0.2, 0) is 10.1 Å². The van der Waals surface area contributed by atoms with E-state index in [4.69, 9.17) is 4.18 Å². The molecule has 0 saturated heterocycles. The topological polar surface area (TPSA) is 63.6 Å². The zero-order valence-corrected chi connectivity index (χ0v) is 16.7. The third-order valence-corrected chi connectivity index (χ3v) is 7.84. The first-order chi connectivity index (χ1) is 12.5. The maximum absolute atomic E-state index is 12.8. The Bertz CT molecular complexity index is 997. The Morgan fingerprint density at radius 3 is 2.23 bits per heavy atom. The monoisotopic (exact) mass is 406 g/mol. The lowest BCUT2D eigenvalue weighted by Crippen LogP contribution is -2.13. The number of phenolic OH excluding ortho intramolecular Hbond substituents is 1. The van der Waals surface area contributed by atoms with E-state index >= 15 is 0 Å². The van der Waals surface area contributed by atoms with Crippen LogP contribution in [0.25, 0.3) is 0 Å². The Morgan fingerprint density at radius 2 is 1.62 bits per heavy atom. The Kier molecular flexibility index (Phi) is 4.49. The maximum atomic E-state index is 12.8. The van der Waals surface area contributed by atoms with Gasteiger partial charge in [-0.2, -0.15) is 8.42 Å². The largest absolute Gasteiger partial charge is 0.506 e. The van der Waals surface area contributed by atoms with Crippen LogP contribution in [0.3, 0.4) is 0 Å². The minimum absolute atomic E-state index is 0.0867. The van der Waals surface area contributed by atoms with Gasteiger partial charge in [-0.1, -0.05) is 30.4 Å². The smallest absolute Gasteiger partial charge is 0.339 e. The van der Waals surface area contributed by atoms with Gasteiger partial charge in [0.25, 0.3) is 0 Å². The summed E-state index contributed by atoms with van der Waals surface area (Å²) in [4.78, 5) is 1.47. The van der Waals surface area contributed by atoms with E-state index in [1.54, 1.807) is 18.2 Å². The van der Waals surface area contributed by atoms with Crippen LogP contribution in [-0.4, -0.2) is 26.0 Å². The molecule has 0 radical (unpaired) electrons. The van der Waals surface area contributed by atoms with Crippen molar-refractivity contribution in [2.24, 2.45) is 0 Å². The van der Waals surface area contributed by atoms with Gasteiger partial charge in [-0.15, -0.1) is 23.5 Å². The summed E-state index contributed by atoms with van der Waals surface area (Å²) in [6.07, 6.45) is 8.77. The van der Waals surface area contributed by atoms with Crippen molar-refractivity contribution in [1.29, 1.82) is 0 Å². The highest BCUT2D eigenvalue weighted by Crippen LogP contribution is 2.60. The summed E-state index contributed by atoms with van der Waals surface area (Å²) < 4.78 is 31.4. The van der Waals surface area contributed by atoms with E-state index in [2.05, 4.69) is 12.2 Å². The van der Waals surface area contributed by atoms with Gasteiger partial charge in [-0.05, 0) is 31.1 Å². The second-order valence-corrected chi connectivity index (χ2v) is 9.43. The van der Waals surface area contributed by atoms with Crippen molar-refractivity contribution in [2.45, 2.75) is 32.9 Å². The molecule has 2 aliphatic rings. The minimum Gasteiger partial charge on any atom is -0.506 e. The second-order valence-electron chi connectivity index (χ2n) is 6.26. The van der Waals surface area contributed by atoms with Crippen molar-refractivity contribution >= 4 is 33.6 Å². The first-order valence-corrected chi connectivity index (χ1v) is 12.0. The normalized spacial score (nSPS) is 20.4. The zero-order valence-electron chi connectivity index (χ0n) is 14.3. The van der Waals surface area contributed by atoms with Crippen molar-refractivity contribution in [3.05, 3.63) is 53.6 Å². The van der Waals surface area contributed by atoms with Gasteiger partial charge >= 0.3 is 10.1 Å². The molecule has 0 aliphatic heterocycles. The van der Waals surface area contributed by atoms with E-state index in [0.29, 0.717) is 15.5 Å². The summed E-state index contributed by atoms with van der Waals surface area (Å²) in [7, 11) is -3.95. The van der Waals surface area contributed by atoms with Gasteiger partial charge in [-0.25, -0.2) is 0 Å². The molecule has 2 bridgehead atoms. The van der Waals surface area contributed by atoms with E-state index in [1.807, 2.05) is 12.5 Å². The number of hydrogen-bond donors (Lipinski definition) is 1. The molecule has 136 valence electrons. The van der Waals surface area contributed by atoms with Gasteiger partial charge in [0.15, 0.2) is 5.75 Å². The van der Waals surface area contributed by atoms with Gasteiger partial charge in [0, 0.05) is 23.0 Å². The van der Waals surface area contributed by atoms with Crippen molar-refractivity contribution in [2.75, 3.05) is 12.5 Å². The van der Waals surface area contributed by atoms with Crippen LogP contribution < -0.4 is 4.18 Å². The lowest BCUT2D eigenvalue weighted by atomic mass is 9.95. The molecule has 4 rings (SSSR count). The molecule has 0 amide bonds. The standard InChI is InChI=1S/C19H18O4S3/c1-24-18-16(20)14-11-8-9-12(10-11)15(14)17(19(18)25-2)23-26(21,22)13-6-4-3-5-7-13/h3-9,11-12,20H,10H2,1-2H3/t11-,12+/m0/s1. The molecule has 4 nitrogen and oxygen atoms in total. The van der Waals surface area contributed by atoms with Crippen molar-refractivity contribution in [3.63, 3.8) is 0 Å². The first-order valence-electron chi connectivity index (χ1n) is 8.16. The van der Waals surface area contributed by atoms with Gasteiger partial charge < -0.3 is 9.29 Å². The van der Waals surface area contributed by atoms with Crippen molar-refractivity contribution in [1.82, 2.24) is 0 Å². The van der Waals surface area contributed by atoms with E-state index < -0.39 is 10.1 Å². The van der Waals surface area contributed by atoms with E-state index in [1.165, 1.54) is 35.7 Å². The van der Waals surface area contributed by atoms with Crippen molar-refractivity contribution in [3.8, 4) is 11.5 Å². The molecule has 1 N–H and O–H groups in total. The molecular weight excluding hydrogens is 388 g/mol. The highest BCUT2D eigenvalue weighted by Gasteiger charge is 2.41. The summed E-state index contributed by atoms with van der Waals surface area (Å²) in [6.45, 7) is 0. The molecule has 7 heteroatoms. The number of phenols is 1. The van der Waals surface area contributed by atoms with E-state index in [9.17, 15) is 13.5 Å². The Balaban J connectivity index is 1.92. The fourth-order valence-electron chi connectivity index (χ4n) is 3.78. The van der Waals surface area contributed by atoms with Gasteiger partial charge in [0.2, 0.25) is 0 Å². The van der Waals surface area contributed by atoms with Crippen LogP contribution in [0.4, 0.5) is 0 Å². The molecule has 2 aromatic carbocycles. The molecule has 2 atom stereocenters. The summed E-state index contributed by atoms with van der Waals surface area (Å²) in [5.41, 5.74) is 1.63. The average Bonchev–Trinajstić information content (AvgIpc) is 3.26. The Morgan fingerprint density at radius 1 is 1.00 bits per heavy atom. The highest BCUT2D eigenvalue weighted by molar-refractivity contribution is 8.01. The summed E-state index contributed by atoms with van der Waals surface area (Å²) in [6, 6.07) is 8.16. The highest BCUT2D eigenvalue weighted by atomic mass is 32.2. The number of aromatic hydroxyl groups is 1. The number of hydrogen-bond acceptors (Lipinski definition) is 6. The van der Waals surface area contributed by atoms with Crippen LogP contribution in [0.5, 0.6) is 11.5 Å². The Hall–Kier alpha value is -1.57. The molecule has 2 aromatic rings. The third-order valence-electron chi connectivity index (χ3n) is 4.88. The number of fused-ring (bicyclic) bond motifs is 5. The molecule has 26 heavy (non-hydrogen) atoms. The first kappa shape index (κ1) is 17.8. The summed E-state index contributed by atoms with van der Waals surface area (Å²) in [5, 5.41) is 10.8. The molecule has 0 fully saturated rings. The van der Waals surface area contributed by atoms with Gasteiger partial charge in [0.05, 0.1) is 9.79 Å². The van der Waals surface area contributed by atoms with E-state index in [0.717, 1.165) is 17.5 Å². The minimum atomic E-state index is -3.95. The average molecular weight is 407 g/mol. The number of thioether (sulfide) groups is 2. The lowest BCUT2D eigenvalue weighted by molar-refractivity contribution is 0.440. The lowest BCUT2D eigenvalue weighted by Gasteiger charge is -2.22. The predicted molar refractivity (Wildman–Crippen MR) is 105 cm³/mol. The SMILES string of the molecule is CSc1c(O)c2c(c(OS(=O)(=O)c3ccccc3)c1SC)[C@@H]1C=C[C@H]2C1. The molecule has 0 unspecified atom stereocenters. The Labute approximate surface area is 161 Å². The third kappa shape index (κ3) is 2.64. The molecule has 0 heterocycles. The zero-order chi connectivity index (χ0) is 18.5. The van der Waals surface area contributed by atoms with Crippen LogP contribution in [0.15, 0.2) is 57.2 Å². The fraction of sp³-hybridized carbons (Fsp3) is 0.263. The van der Waals surface area contributed by atoms with Crippen LogP contribution in [0, 0.1) is 0 Å². The predicted octanol–water partition coefficient (Wildman–Crippen LogP) is 4.74. The molecule has 0 saturated carbocycles. The quantitative estimate of drug-likeness (QED) is 0.439. The molecule has 0 aromatic heterocycles. The van der Waals surface area contributed by atoms with Crippen LogP contribution in [0.2, 0.25) is 0 Å². The number of allylic oxidation sites excluding steroid dienone is 2. The van der Waals surface area contributed by atoms with Crippen LogP contribution >= 0.6 is 23.5 Å². The molecule has 0 spiro atoms. The molecular formula is C19H18O4S3. The summed E-state index contributed by atoms with van der Waals surface area (Å²) in [5.74, 6) is 0.843. The fourth-order valence-corrected chi connectivity index (χ4v) is 6.51. The van der Waals surface area contributed by atoms with Crippen LogP contribution in [0.1, 0.15) is 29.4 Å². The van der Waals surface area contributed by atoms with Gasteiger partial charge in [-0.3, -0.25) is 0 Å². The summed E-state index contributed by atoms with van der Waals surface area (Å²) >= 11 is 2.80. The van der Waals surface area contributed by atoms with Gasteiger partial charge in [0.1, 0.15) is 10.6 Å². The number of benzene rings is 2. The second kappa shape index (κ2) is 6.55. The number of rotatable bonds is 5. The maximum Gasteiger partial charge on any atom is 0.339 e. The van der Waals surface area contributed by atoms with E-state index in [-0.39, 0.29) is 22.5 Å². The molecule has 2 aliphatic carbocycles.